The first-order chi connectivity index (χ1) is 9.32. The largest absolute Gasteiger partial charge is 0.468 e. The zero-order chi connectivity index (χ0) is 15.3. The summed E-state index contributed by atoms with van der Waals surface area (Å²) in [7, 11) is -2.87. The number of hydrogen-bond donors (Lipinski definition) is 0. The Labute approximate surface area is 116 Å². The molecule has 112 valence electrons. The number of methoxy groups -OCH3 is 1. The third-order valence-corrected chi connectivity index (χ3v) is 4.63. The van der Waals surface area contributed by atoms with Gasteiger partial charge in [0.05, 0.1) is 7.11 Å². The minimum absolute atomic E-state index is 0.414. The molecule has 0 saturated heterocycles. The summed E-state index contributed by atoms with van der Waals surface area (Å²) in [5, 5.41) is 5.97. The van der Waals surface area contributed by atoms with Crippen LogP contribution in [0.3, 0.4) is 0 Å². The van der Waals surface area contributed by atoms with Crippen molar-refractivity contribution in [3.63, 3.8) is 0 Å². The normalized spacial score (nSPS) is 13.2. The molecular weight excluding hydrogens is 289 g/mol. The van der Waals surface area contributed by atoms with Gasteiger partial charge in [-0.3, -0.25) is 4.79 Å². The first kappa shape index (κ1) is 16.4. The molecule has 1 heterocycles. The summed E-state index contributed by atoms with van der Waals surface area (Å²) in [6, 6.07) is 1.46. The number of halogens is 1. The highest BCUT2D eigenvalue weighted by Gasteiger charge is 2.32. The maximum atomic E-state index is 12.7. The second kappa shape index (κ2) is 6.71. The van der Waals surface area contributed by atoms with Crippen LogP contribution in [0.25, 0.3) is 0 Å². The molecule has 9 heteroatoms. The Morgan fingerprint density at radius 1 is 1.45 bits per heavy atom. The van der Waals surface area contributed by atoms with E-state index < -0.39 is 39.6 Å². The Hall–Kier alpha value is -1.61. The van der Waals surface area contributed by atoms with Crippen molar-refractivity contribution in [1.82, 2.24) is 14.5 Å². The minimum Gasteiger partial charge on any atom is -0.468 e. The Balaban J connectivity index is 3.16. The van der Waals surface area contributed by atoms with Crippen molar-refractivity contribution in [2.24, 2.45) is 0 Å². The lowest BCUT2D eigenvalue weighted by atomic mass is 10.2. The van der Waals surface area contributed by atoms with Crippen LogP contribution in [0.1, 0.15) is 20.3 Å². The van der Waals surface area contributed by atoms with Crippen LogP contribution in [0.4, 0.5) is 4.39 Å². The molecule has 0 spiro atoms. The van der Waals surface area contributed by atoms with Gasteiger partial charge in [0.25, 0.3) is 10.0 Å². The average molecular weight is 305 g/mol. The molecular formula is C11H16FN3O4S. The van der Waals surface area contributed by atoms with E-state index in [1.165, 1.54) is 7.11 Å². The molecule has 1 aromatic heterocycles. The van der Waals surface area contributed by atoms with Crippen LogP contribution < -0.4 is 0 Å². The highest BCUT2D eigenvalue weighted by Crippen LogP contribution is 2.17. The van der Waals surface area contributed by atoms with Gasteiger partial charge < -0.3 is 4.74 Å². The van der Waals surface area contributed by atoms with Gasteiger partial charge in [0.2, 0.25) is 5.95 Å². The number of carbonyl (C=O) groups is 1. The van der Waals surface area contributed by atoms with Gasteiger partial charge in [-0.1, -0.05) is 6.92 Å². The summed E-state index contributed by atoms with van der Waals surface area (Å²) < 4.78 is 42.9. The van der Waals surface area contributed by atoms with Gasteiger partial charge in [-0.2, -0.15) is 8.70 Å². The Morgan fingerprint density at radius 2 is 2.10 bits per heavy atom. The first-order valence-electron chi connectivity index (χ1n) is 5.90. The van der Waals surface area contributed by atoms with E-state index in [2.05, 4.69) is 14.9 Å². The number of nitrogens with zero attached hydrogens (tertiary/aromatic N) is 3. The molecule has 0 bridgehead atoms. The van der Waals surface area contributed by atoms with Gasteiger partial charge in [0.1, 0.15) is 6.54 Å². The van der Waals surface area contributed by atoms with Crippen molar-refractivity contribution in [3.8, 4) is 0 Å². The van der Waals surface area contributed by atoms with Crippen molar-refractivity contribution in [2.45, 2.75) is 31.3 Å². The molecule has 0 fully saturated rings. The molecule has 1 unspecified atom stereocenters. The number of rotatable bonds is 6. The molecule has 20 heavy (non-hydrogen) atoms. The Kier molecular flexibility index (Phi) is 5.52. The topological polar surface area (TPSA) is 89.5 Å². The van der Waals surface area contributed by atoms with E-state index >= 15 is 0 Å². The highest BCUT2D eigenvalue weighted by atomic mass is 32.2. The van der Waals surface area contributed by atoms with E-state index in [0.29, 0.717) is 6.42 Å². The number of ether oxygens (including phenoxy) is 1. The molecule has 0 aliphatic rings. The van der Waals surface area contributed by atoms with Crippen LogP contribution in [0.2, 0.25) is 0 Å². The summed E-state index contributed by atoms with van der Waals surface area (Å²) in [6.07, 6.45) is 0.491. The summed E-state index contributed by atoms with van der Waals surface area (Å²) in [6.45, 7) is 2.99. The van der Waals surface area contributed by atoms with Gasteiger partial charge in [0, 0.05) is 6.04 Å². The third kappa shape index (κ3) is 3.70. The molecule has 1 rings (SSSR count). The van der Waals surface area contributed by atoms with Gasteiger partial charge in [-0.15, -0.1) is 10.2 Å². The fourth-order valence-corrected chi connectivity index (χ4v) is 2.96. The van der Waals surface area contributed by atoms with Crippen LogP contribution in [0.15, 0.2) is 17.2 Å². The minimum atomic E-state index is -4.04. The predicted octanol–water partition coefficient (Wildman–Crippen LogP) is 0.578. The zero-order valence-electron chi connectivity index (χ0n) is 11.4. The lowest BCUT2D eigenvalue weighted by Crippen LogP contribution is -2.42. The Bertz CT molecular complexity index is 562. The second-order valence-electron chi connectivity index (χ2n) is 4.08. The van der Waals surface area contributed by atoms with E-state index in [9.17, 15) is 17.6 Å². The maximum absolute atomic E-state index is 12.7. The highest BCUT2D eigenvalue weighted by molar-refractivity contribution is 7.89. The number of aromatic nitrogens is 2. The van der Waals surface area contributed by atoms with Crippen LogP contribution in [-0.2, 0) is 19.6 Å². The van der Waals surface area contributed by atoms with Gasteiger partial charge in [-0.25, -0.2) is 8.42 Å². The molecule has 1 atom stereocenters. The maximum Gasteiger partial charge on any atom is 0.321 e. The SMILES string of the molecule is CCC(C)N(CC(=O)OC)S(=O)(=O)c1ccc(F)nn1. The number of hydrogen-bond acceptors (Lipinski definition) is 6. The van der Waals surface area contributed by atoms with Gasteiger partial charge in [0.15, 0.2) is 5.03 Å². The molecule has 7 nitrogen and oxygen atoms in total. The second-order valence-corrected chi connectivity index (χ2v) is 5.92. The summed E-state index contributed by atoms with van der Waals surface area (Å²) >= 11 is 0. The molecule has 0 aromatic carbocycles. The summed E-state index contributed by atoms with van der Waals surface area (Å²) in [4.78, 5) is 11.4. The zero-order valence-corrected chi connectivity index (χ0v) is 12.2. The Morgan fingerprint density at radius 3 is 2.55 bits per heavy atom. The smallest absolute Gasteiger partial charge is 0.321 e. The van der Waals surface area contributed by atoms with E-state index in [1.807, 2.05) is 0 Å². The first-order valence-corrected chi connectivity index (χ1v) is 7.34. The summed E-state index contributed by atoms with van der Waals surface area (Å²) in [5.74, 6) is -1.57. The van der Waals surface area contributed by atoms with Gasteiger partial charge >= 0.3 is 5.97 Å². The summed E-state index contributed by atoms with van der Waals surface area (Å²) in [5.41, 5.74) is 0. The molecule has 1 aromatic rings. The monoisotopic (exact) mass is 305 g/mol. The van der Waals surface area contributed by atoms with Crippen molar-refractivity contribution in [3.05, 3.63) is 18.1 Å². The lowest BCUT2D eigenvalue weighted by molar-refractivity contribution is -0.141. The molecule has 0 radical (unpaired) electrons. The van der Waals surface area contributed by atoms with Crippen molar-refractivity contribution >= 4 is 16.0 Å². The molecule has 0 saturated carbocycles. The van der Waals surface area contributed by atoms with E-state index in [4.69, 9.17) is 0 Å². The lowest BCUT2D eigenvalue weighted by Gasteiger charge is -2.25. The van der Waals surface area contributed by atoms with Crippen molar-refractivity contribution in [2.75, 3.05) is 13.7 Å². The van der Waals surface area contributed by atoms with Gasteiger partial charge in [-0.05, 0) is 25.5 Å². The van der Waals surface area contributed by atoms with E-state index in [0.717, 1.165) is 16.4 Å². The van der Waals surface area contributed by atoms with E-state index in [-0.39, 0.29) is 0 Å². The fraction of sp³-hybridized carbons (Fsp3) is 0.545. The molecule has 0 amide bonds. The number of sulfonamides is 1. The quantitative estimate of drug-likeness (QED) is 0.714. The number of esters is 1. The number of carbonyl (C=O) groups excluding carboxylic acids is 1. The van der Waals surface area contributed by atoms with Crippen LogP contribution in [-0.4, -0.2) is 48.6 Å². The molecule has 0 N–H and O–H groups in total. The van der Waals surface area contributed by atoms with Crippen LogP contribution >= 0.6 is 0 Å². The predicted molar refractivity (Wildman–Crippen MR) is 67.7 cm³/mol. The molecule has 0 aliphatic heterocycles. The standard InChI is InChI=1S/C11H16FN3O4S/c1-4-8(2)15(7-11(16)19-3)20(17,18)10-6-5-9(12)13-14-10/h5-6,8H,4,7H2,1-3H3. The molecule has 0 aliphatic carbocycles. The van der Waals surface area contributed by atoms with Crippen LogP contribution in [0.5, 0.6) is 0 Å². The fourth-order valence-electron chi connectivity index (χ4n) is 1.43. The van der Waals surface area contributed by atoms with E-state index in [1.54, 1.807) is 13.8 Å². The van der Waals surface area contributed by atoms with Crippen molar-refractivity contribution in [1.29, 1.82) is 0 Å². The van der Waals surface area contributed by atoms with Crippen molar-refractivity contribution < 1.29 is 22.3 Å². The van der Waals surface area contributed by atoms with Crippen LogP contribution in [0, 0.1) is 5.95 Å². The third-order valence-electron chi connectivity index (χ3n) is 2.78. The average Bonchev–Trinajstić information content (AvgIpc) is 2.43.